The summed E-state index contributed by atoms with van der Waals surface area (Å²) in [7, 11) is 0. The van der Waals surface area contributed by atoms with Crippen molar-refractivity contribution in [1.29, 1.82) is 0 Å². The third-order valence-electron chi connectivity index (χ3n) is 4.46. The summed E-state index contributed by atoms with van der Waals surface area (Å²) >= 11 is 6.11. The highest BCUT2D eigenvalue weighted by molar-refractivity contribution is 6.31. The predicted molar refractivity (Wildman–Crippen MR) is 78.4 cm³/mol. The maximum Gasteiger partial charge on any atom is 0.322 e. The summed E-state index contributed by atoms with van der Waals surface area (Å²) in [5.74, 6) is -2.34. The van der Waals surface area contributed by atoms with E-state index < -0.39 is 29.4 Å². The van der Waals surface area contributed by atoms with Gasteiger partial charge in [-0.3, -0.25) is 14.9 Å². The highest BCUT2D eigenvalue weighted by Crippen LogP contribution is 2.49. The van der Waals surface area contributed by atoms with Crippen LogP contribution in [0, 0.1) is 11.8 Å². The molecular weight excluding hydrogens is 308 g/mol. The van der Waals surface area contributed by atoms with Gasteiger partial charge in [0.1, 0.15) is 5.54 Å². The lowest BCUT2D eigenvalue weighted by Crippen LogP contribution is -2.50. The third-order valence-corrected chi connectivity index (χ3v) is 4.82. The Morgan fingerprint density at radius 1 is 1.36 bits per heavy atom. The molecule has 0 aromatic heterocycles. The number of halogens is 1. The molecule has 1 aromatic rings. The van der Waals surface area contributed by atoms with Crippen molar-refractivity contribution in [2.24, 2.45) is 11.8 Å². The second-order valence-electron chi connectivity index (χ2n) is 5.76. The van der Waals surface area contributed by atoms with Crippen LogP contribution >= 0.6 is 11.6 Å². The van der Waals surface area contributed by atoms with Crippen molar-refractivity contribution in [3.05, 3.63) is 34.9 Å². The van der Waals surface area contributed by atoms with Crippen LogP contribution in [0.15, 0.2) is 24.3 Å². The second kappa shape index (κ2) is 5.28. The number of carbonyl (C=O) groups is 3. The number of nitrogens with one attached hydrogen (secondary N) is 2. The number of carboxylic acid groups (broad SMARTS) is 1. The molecule has 2 fully saturated rings. The number of benzene rings is 1. The molecule has 2 aliphatic rings. The first-order valence-corrected chi connectivity index (χ1v) is 7.41. The number of amides is 3. The van der Waals surface area contributed by atoms with Crippen LogP contribution in [0.25, 0.3) is 0 Å². The largest absolute Gasteiger partial charge is 0.481 e. The first-order valence-electron chi connectivity index (χ1n) is 7.04. The Balaban J connectivity index is 1.82. The molecule has 3 N–H and O–H groups in total. The van der Waals surface area contributed by atoms with Gasteiger partial charge in [0.25, 0.3) is 5.91 Å². The van der Waals surface area contributed by atoms with E-state index in [0.717, 1.165) is 5.56 Å². The van der Waals surface area contributed by atoms with E-state index in [-0.39, 0.29) is 5.92 Å². The number of carbonyl (C=O) groups excluding carboxylic acids is 2. The highest BCUT2D eigenvalue weighted by atomic mass is 35.5. The van der Waals surface area contributed by atoms with Gasteiger partial charge >= 0.3 is 12.0 Å². The van der Waals surface area contributed by atoms with Crippen molar-refractivity contribution in [2.75, 3.05) is 0 Å². The Kier molecular flexibility index (Phi) is 3.56. The zero-order valence-corrected chi connectivity index (χ0v) is 12.4. The minimum Gasteiger partial charge on any atom is -0.481 e. The molecule has 3 atom stereocenters. The Hall–Kier alpha value is -2.08. The molecule has 1 saturated heterocycles. The Morgan fingerprint density at radius 2 is 2.09 bits per heavy atom. The second-order valence-corrected chi connectivity index (χ2v) is 6.17. The Bertz CT molecular complexity index is 663. The number of imide groups is 1. The monoisotopic (exact) mass is 322 g/mol. The molecule has 1 aliphatic carbocycles. The number of carboxylic acids is 1. The average Bonchev–Trinajstić information content (AvgIpc) is 3.20. The quantitative estimate of drug-likeness (QED) is 0.717. The topological polar surface area (TPSA) is 95.5 Å². The van der Waals surface area contributed by atoms with E-state index in [2.05, 4.69) is 10.6 Å². The average molecular weight is 323 g/mol. The fourth-order valence-corrected chi connectivity index (χ4v) is 3.40. The van der Waals surface area contributed by atoms with E-state index in [4.69, 9.17) is 16.7 Å². The van der Waals surface area contributed by atoms with Crippen LogP contribution in [0.2, 0.25) is 5.02 Å². The summed E-state index contributed by atoms with van der Waals surface area (Å²) in [6.07, 6.45) is 1.20. The standard InChI is InChI=1S/C15H15ClN2O4/c16-11-4-2-1-3-8(11)5-6-15(10-7-9(10)12(19)20)13(21)17-14(22)18-15/h1-4,9-10H,5-7H2,(H,19,20)(H2,17,18,21,22). The van der Waals surface area contributed by atoms with Crippen LogP contribution in [0.5, 0.6) is 0 Å². The summed E-state index contributed by atoms with van der Waals surface area (Å²) < 4.78 is 0. The van der Waals surface area contributed by atoms with E-state index in [1.54, 1.807) is 6.07 Å². The van der Waals surface area contributed by atoms with Gasteiger partial charge < -0.3 is 10.4 Å². The highest BCUT2D eigenvalue weighted by Gasteiger charge is 2.62. The number of urea groups is 1. The van der Waals surface area contributed by atoms with E-state index in [1.807, 2.05) is 18.2 Å². The molecule has 3 unspecified atom stereocenters. The molecule has 7 heteroatoms. The summed E-state index contributed by atoms with van der Waals surface area (Å²) in [5.41, 5.74) is -0.288. The maximum absolute atomic E-state index is 12.2. The molecule has 6 nitrogen and oxygen atoms in total. The van der Waals surface area contributed by atoms with Crippen LogP contribution in [0.4, 0.5) is 4.79 Å². The molecule has 0 spiro atoms. The molecule has 116 valence electrons. The zero-order chi connectivity index (χ0) is 15.9. The molecule has 3 rings (SSSR count). The molecule has 22 heavy (non-hydrogen) atoms. The van der Waals surface area contributed by atoms with Crippen LogP contribution in [0.1, 0.15) is 18.4 Å². The normalized spacial score (nSPS) is 29.9. The molecule has 0 radical (unpaired) electrons. The van der Waals surface area contributed by atoms with E-state index in [0.29, 0.717) is 24.3 Å². The summed E-state index contributed by atoms with van der Waals surface area (Å²) in [5, 5.41) is 14.6. The lowest BCUT2D eigenvalue weighted by atomic mass is 9.85. The van der Waals surface area contributed by atoms with Gasteiger partial charge in [0, 0.05) is 10.9 Å². The van der Waals surface area contributed by atoms with Crippen molar-refractivity contribution in [2.45, 2.75) is 24.8 Å². The first-order chi connectivity index (χ1) is 10.4. The lowest BCUT2D eigenvalue weighted by molar-refractivity contribution is -0.139. The first kappa shape index (κ1) is 14.8. The minimum atomic E-state index is -1.15. The number of rotatable bonds is 5. The molecule has 3 amide bonds. The third kappa shape index (κ3) is 2.43. The predicted octanol–water partition coefficient (Wildman–Crippen LogP) is 1.57. The van der Waals surface area contributed by atoms with Gasteiger partial charge in [-0.05, 0) is 30.9 Å². The van der Waals surface area contributed by atoms with Crippen LogP contribution < -0.4 is 10.6 Å². The summed E-state index contributed by atoms with van der Waals surface area (Å²) in [6, 6.07) is 6.70. The molecular formula is C15H15ClN2O4. The van der Waals surface area contributed by atoms with E-state index in [1.165, 1.54) is 0 Å². The maximum atomic E-state index is 12.2. The SMILES string of the molecule is O=C1NC(=O)C(CCc2ccccc2Cl)(C2CC2C(=O)O)N1. The van der Waals surface area contributed by atoms with Gasteiger partial charge in [0.15, 0.2) is 0 Å². The van der Waals surface area contributed by atoms with Crippen LogP contribution in [0.3, 0.4) is 0 Å². The minimum absolute atomic E-state index is 0.322. The fourth-order valence-electron chi connectivity index (χ4n) is 3.17. The molecule has 0 bridgehead atoms. The Morgan fingerprint density at radius 3 is 2.64 bits per heavy atom. The van der Waals surface area contributed by atoms with E-state index in [9.17, 15) is 14.4 Å². The van der Waals surface area contributed by atoms with Crippen molar-refractivity contribution in [3.8, 4) is 0 Å². The van der Waals surface area contributed by atoms with E-state index >= 15 is 0 Å². The zero-order valence-electron chi connectivity index (χ0n) is 11.6. The van der Waals surface area contributed by atoms with Gasteiger partial charge in [-0.2, -0.15) is 0 Å². The fraction of sp³-hybridized carbons (Fsp3) is 0.400. The summed E-state index contributed by atoms with van der Waals surface area (Å²) in [6.45, 7) is 0. The van der Waals surface area contributed by atoms with Gasteiger partial charge in [0.05, 0.1) is 5.92 Å². The van der Waals surface area contributed by atoms with Crippen molar-refractivity contribution >= 4 is 29.5 Å². The molecule has 1 saturated carbocycles. The molecule has 1 aliphatic heterocycles. The van der Waals surface area contributed by atoms with Crippen molar-refractivity contribution in [3.63, 3.8) is 0 Å². The summed E-state index contributed by atoms with van der Waals surface area (Å²) in [4.78, 5) is 34.9. The van der Waals surface area contributed by atoms with Gasteiger partial charge in [-0.15, -0.1) is 0 Å². The number of aryl methyl sites for hydroxylation is 1. The molecule has 1 heterocycles. The van der Waals surface area contributed by atoms with Crippen LogP contribution in [-0.4, -0.2) is 28.6 Å². The molecule has 1 aromatic carbocycles. The van der Waals surface area contributed by atoms with Gasteiger partial charge in [-0.25, -0.2) is 4.79 Å². The van der Waals surface area contributed by atoms with Crippen molar-refractivity contribution in [1.82, 2.24) is 10.6 Å². The lowest BCUT2D eigenvalue weighted by Gasteiger charge is -2.26. The number of hydrogen-bond donors (Lipinski definition) is 3. The van der Waals surface area contributed by atoms with Gasteiger partial charge in [0.2, 0.25) is 0 Å². The smallest absolute Gasteiger partial charge is 0.322 e. The number of aliphatic carboxylic acids is 1. The van der Waals surface area contributed by atoms with Crippen molar-refractivity contribution < 1.29 is 19.5 Å². The van der Waals surface area contributed by atoms with Gasteiger partial charge in [-0.1, -0.05) is 29.8 Å². The van der Waals surface area contributed by atoms with Crippen LogP contribution in [-0.2, 0) is 16.0 Å². The number of hydrogen-bond acceptors (Lipinski definition) is 3. The Labute approximate surface area is 131 Å².